The Labute approximate surface area is 163 Å². The lowest BCUT2D eigenvalue weighted by molar-refractivity contribution is -0.115. The van der Waals surface area contributed by atoms with Gasteiger partial charge in [-0.05, 0) is 44.5 Å². The van der Waals surface area contributed by atoms with Crippen molar-refractivity contribution in [3.63, 3.8) is 0 Å². The van der Waals surface area contributed by atoms with Crippen molar-refractivity contribution in [2.24, 2.45) is 0 Å². The molecule has 0 aliphatic carbocycles. The first-order valence-electron chi connectivity index (χ1n) is 8.71. The minimum Gasteiger partial charge on any atom is -0.495 e. The summed E-state index contributed by atoms with van der Waals surface area (Å²) < 4.78 is 7.31. The fourth-order valence-electron chi connectivity index (χ4n) is 2.83. The number of hydrogen-bond acceptors (Lipinski definition) is 4. The fraction of sp³-hybridized carbons (Fsp3) is 0.238. The maximum atomic E-state index is 12.6. The van der Waals surface area contributed by atoms with Crippen molar-refractivity contribution in [3.05, 3.63) is 66.0 Å². The number of anilines is 1. The van der Waals surface area contributed by atoms with Gasteiger partial charge in [-0.2, -0.15) is 0 Å². The average molecular weight is 382 g/mol. The molecule has 1 heterocycles. The van der Waals surface area contributed by atoms with Crippen LogP contribution in [0.5, 0.6) is 5.75 Å². The van der Waals surface area contributed by atoms with Gasteiger partial charge in [0, 0.05) is 12.4 Å². The van der Waals surface area contributed by atoms with Gasteiger partial charge < -0.3 is 10.1 Å². The van der Waals surface area contributed by atoms with Crippen molar-refractivity contribution >= 4 is 23.4 Å². The molecule has 140 valence electrons. The Morgan fingerprint density at radius 1 is 1.22 bits per heavy atom. The molecule has 0 aliphatic rings. The first kappa shape index (κ1) is 19.0. The normalized spacial score (nSPS) is 11.9. The Balaban J connectivity index is 1.76. The summed E-state index contributed by atoms with van der Waals surface area (Å²) in [6.07, 6.45) is 3.68. The second kappa shape index (κ2) is 8.31. The number of aryl methyl sites for hydroxylation is 2. The van der Waals surface area contributed by atoms with Crippen molar-refractivity contribution in [1.82, 2.24) is 9.55 Å². The predicted molar refractivity (Wildman–Crippen MR) is 110 cm³/mol. The van der Waals surface area contributed by atoms with Crippen LogP contribution < -0.4 is 10.1 Å². The van der Waals surface area contributed by atoms with E-state index < -0.39 is 0 Å². The highest BCUT2D eigenvalue weighted by atomic mass is 32.2. The molecule has 1 aromatic heterocycles. The molecular weight excluding hydrogens is 358 g/mol. The quantitative estimate of drug-likeness (QED) is 0.633. The predicted octanol–water partition coefficient (Wildman–Crippen LogP) is 4.62. The van der Waals surface area contributed by atoms with Crippen molar-refractivity contribution in [1.29, 1.82) is 0 Å². The Morgan fingerprint density at radius 3 is 2.74 bits per heavy atom. The summed E-state index contributed by atoms with van der Waals surface area (Å²) in [6.45, 7) is 6.02. The summed E-state index contributed by atoms with van der Waals surface area (Å²) in [4.78, 5) is 17.1. The van der Waals surface area contributed by atoms with Crippen LogP contribution in [0.2, 0.25) is 0 Å². The van der Waals surface area contributed by atoms with Crippen LogP contribution in [-0.4, -0.2) is 27.8 Å². The second-order valence-corrected chi connectivity index (χ2v) is 7.63. The molecule has 0 saturated carbocycles. The highest BCUT2D eigenvalue weighted by Gasteiger charge is 2.19. The third-order valence-corrected chi connectivity index (χ3v) is 5.32. The largest absolute Gasteiger partial charge is 0.495 e. The van der Waals surface area contributed by atoms with Crippen molar-refractivity contribution < 1.29 is 9.53 Å². The van der Waals surface area contributed by atoms with E-state index in [-0.39, 0.29) is 11.2 Å². The molecule has 1 atom stereocenters. The molecule has 1 N–H and O–H groups in total. The topological polar surface area (TPSA) is 56.1 Å². The molecule has 3 aromatic rings. The minimum absolute atomic E-state index is 0.0975. The van der Waals surface area contributed by atoms with Crippen LogP contribution in [0.1, 0.15) is 18.1 Å². The molecule has 2 aromatic carbocycles. The Kier molecular flexibility index (Phi) is 5.86. The van der Waals surface area contributed by atoms with Gasteiger partial charge in [0.1, 0.15) is 5.75 Å². The van der Waals surface area contributed by atoms with E-state index in [0.29, 0.717) is 11.4 Å². The van der Waals surface area contributed by atoms with Crippen LogP contribution in [0.4, 0.5) is 5.69 Å². The highest BCUT2D eigenvalue weighted by Crippen LogP contribution is 2.28. The van der Waals surface area contributed by atoms with Crippen LogP contribution in [0.3, 0.4) is 0 Å². The van der Waals surface area contributed by atoms with E-state index in [1.807, 2.05) is 42.0 Å². The molecule has 3 rings (SSSR count). The molecule has 5 nitrogen and oxygen atoms in total. The highest BCUT2D eigenvalue weighted by molar-refractivity contribution is 8.00. The Hall–Kier alpha value is -2.73. The number of carbonyl (C=O) groups excluding carboxylic acids is 1. The number of thioether (sulfide) groups is 1. The van der Waals surface area contributed by atoms with Gasteiger partial charge in [0.05, 0.1) is 23.7 Å². The zero-order valence-electron chi connectivity index (χ0n) is 15.9. The SMILES string of the molecule is COc1ccccc1NC(=O)[C@@H](C)Sc1nccn1-c1ccc(C)cc1C. The Morgan fingerprint density at radius 2 is 2.00 bits per heavy atom. The summed E-state index contributed by atoms with van der Waals surface area (Å²) in [5, 5.41) is 3.39. The lowest BCUT2D eigenvalue weighted by atomic mass is 10.1. The molecule has 0 spiro atoms. The van der Waals surface area contributed by atoms with Crippen LogP contribution in [-0.2, 0) is 4.79 Å². The van der Waals surface area contributed by atoms with Gasteiger partial charge >= 0.3 is 0 Å². The van der Waals surface area contributed by atoms with E-state index in [1.165, 1.54) is 22.9 Å². The number of aromatic nitrogens is 2. The van der Waals surface area contributed by atoms with E-state index in [1.54, 1.807) is 13.3 Å². The molecule has 0 unspecified atom stereocenters. The third-order valence-electron chi connectivity index (χ3n) is 4.23. The van der Waals surface area contributed by atoms with Crippen LogP contribution in [0.25, 0.3) is 5.69 Å². The number of amides is 1. The number of nitrogens with one attached hydrogen (secondary N) is 1. The van der Waals surface area contributed by atoms with E-state index in [4.69, 9.17) is 4.74 Å². The number of rotatable bonds is 6. The molecular formula is C21H23N3O2S. The van der Waals surface area contributed by atoms with Gasteiger partial charge in [-0.25, -0.2) is 4.98 Å². The summed E-state index contributed by atoms with van der Waals surface area (Å²) in [6, 6.07) is 13.7. The standard InChI is InChI=1S/C21H23N3O2S/c1-14-9-10-18(15(2)13-14)24-12-11-22-21(24)27-16(3)20(25)23-17-7-5-6-8-19(17)26-4/h5-13,16H,1-4H3,(H,23,25)/t16-/m1/s1. The van der Waals surface area contributed by atoms with E-state index in [0.717, 1.165) is 10.8 Å². The molecule has 1 amide bonds. The first-order chi connectivity index (χ1) is 13.0. The van der Waals surface area contributed by atoms with E-state index in [9.17, 15) is 4.79 Å². The van der Waals surface area contributed by atoms with E-state index in [2.05, 4.69) is 42.3 Å². The number of para-hydroxylation sites is 2. The third kappa shape index (κ3) is 4.34. The summed E-state index contributed by atoms with van der Waals surface area (Å²) >= 11 is 1.42. The van der Waals surface area contributed by atoms with Crippen molar-refractivity contribution in [3.8, 4) is 11.4 Å². The lowest BCUT2D eigenvalue weighted by Crippen LogP contribution is -2.23. The molecule has 6 heteroatoms. The van der Waals surface area contributed by atoms with Gasteiger partial charge in [0.2, 0.25) is 5.91 Å². The number of methoxy groups -OCH3 is 1. The van der Waals surface area contributed by atoms with Gasteiger partial charge in [-0.1, -0.05) is 41.6 Å². The van der Waals surface area contributed by atoms with Gasteiger partial charge in [0.25, 0.3) is 0 Å². The summed E-state index contributed by atoms with van der Waals surface area (Å²) in [5.74, 6) is 0.541. The van der Waals surface area contributed by atoms with Gasteiger partial charge in [-0.15, -0.1) is 0 Å². The van der Waals surface area contributed by atoms with E-state index >= 15 is 0 Å². The Bertz CT molecular complexity index is 952. The molecule has 0 bridgehead atoms. The number of nitrogens with zero attached hydrogens (tertiary/aromatic N) is 2. The molecule has 0 radical (unpaired) electrons. The van der Waals surface area contributed by atoms with Crippen LogP contribution in [0, 0.1) is 13.8 Å². The monoisotopic (exact) mass is 381 g/mol. The van der Waals surface area contributed by atoms with Crippen LogP contribution >= 0.6 is 11.8 Å². The summed E-state index contributed by atoms with van der Waals surface area (Å²) in [5.41, 5.74) is 4.12. The molecule has 0 fully saturated rings. The van der Waals surface area contributed by atoms with Crippen molar-refractivity contribution in [2.75, 3.05) is 12.4 Å². The molecule has 27 heavy (non-hydrogen) atoms. The summed E-state index contributed by atoms with van der Waals surface area (Å²) in [7, 11) is 1.59. The van der Waals surface area contributed by atoms with Crippen LogP contribution in [0.15, 0.2) is 60.0 Å². The maximum absolute atomic E-state index is 12.6. The molecule has 0 saturated heterocycles. The molecule has 0 aliphatic heterocycles. The smallest absolute Gasteiger partial charge is 0.237 e. The number of hydrogen-bond donors (Lipinski definition) is 1. The first-order valence-corrected chi connectivity index (χ1v) is 9.59. The van der Waals surface area contributed by atoms with Gasteiger partial charge in [-0.3, -0.25) is 9.36 Å². The maximum Gasteiger partial charge on any atom is 0.237 e. The van der Waals surface area contributed by atoms with Gasteiger partial charge in [0.15, 0.2) is 5.16 Å². The number of imidazole rings is 1. The average Bonchev–Trinajstić information content (AvgIpc) is 3.10. The second-order valence-electron chi connectivity index (χ2n) is 6.32. The zero-order chi connectivity index (χ0) is 19.4. The number of benzene rings is 2. The lowest BCUT2D eigenvalue weighted by Gasteiger charge is -2.15. The number of carbonyl (C=O) groups is 1. The fourth-order valence-corrected chi connectivity index (χ4v) is 3.71. The zero-order valence-corrected chi connectivity index (χ0v) is 16.7. The minimum atomic E-state index is -0.318. The number of ether oxygens (including phenoxy) is 1. The van der Waals surface area contributed by atoms with Crippen molar-refractivity contribution in [2.45, 2.75) is 31.2 Å².